The van der Waals surface area contributed by atoms with Crippen molar-refractivity contribution in [3.8, 4) is 0 Å². The molecule has 2 rings (SSSR count). The zero-order chi connectivity index (χ0) is 18.0. The molecule has 24 heavy (non-hydrogen) atoms. The largest absolute Gasteiger partial charge is 0.481 e. The Labute approximate surface area is 142 Å². The zero-order valence-electron chi connectivity index (χ0n) is 14.6. The van der Waals surface area contributed by atoms with Crippen LogP contribution in [0.2, 0.25) is 0 Å². The van der Waals surface area contributed by atoms with E-state index in [4.69, 9.17) is 5.11 Å². The molecule has 0 aromatic rings. The number of carboxylic acid groups (broad SMARTS) is 1. The van der Waals surface area contributed by atoms with Crippen LogP contribution in [0.25, 0.3) is 0 Å². The topological polar surface area (TPSA) is 71.4 Å². The van der Waals surface area contributed by atoms with Gasteiger partial charge in [-0.15, -0.1) is 0 Å². The molecule has 0 aromatic heterocycles. The van der Waals surface area contributed by atoms with Crippen LogP contribution in [0.4, 0.5) is 4.39 Å². The number of aliphatic carboxylic acids is 1. The van der Waals surface area contributed by atoms with E-state index in [2.05, 4.69) is 0 Å². The molecular formula is C19H27FO4. The summed E-state index contributed by atoms with van der Waals surface area (Å²) < 4.78 is 13.4. The average molecular weight is 338 g/mol. The summed E-state index contributed by atoms with van der Waals surface area (Å²) in [7, 11) is 0. The van der Waals surface area contributed by atoms with Crippen molar-refractivity contribution in [2.75, 3.05) is 0 Å². The van der Waals surface area contributed by atoms with Crippen LogP contribution in [0.5, 0.6) is 0 Å². The summed E-state index contributed by atoms with van der Waals surface area (Å²) in [6, 6.07) is 0. The van der Waals surface area contributed by atoms with Crippen molar-refractivity contribution >= 4 is 17.5 Å². The Balaban J connectivity index is 2.28. The lowest BCUT2D eigenvalue weighted by Gasteiger charge is -2.42. The fraction of sp³-hybridized carbons (Fsp3) is 0.737. The Morgan fingerprint density at radius 3 is 2.38 bits per heavy atom. The fourth-order valence-electron chi connectivity index (χ4n) is 4.43. The third-order valence-electron chi connectivity index (χ3n) is 6.12. The van der Waals surface area contributed by atoms with Gasteiger partial charge in [0.2, 0.25) is 0 Å². The number of ketones is 2. The second-order valence-corrected chi connectivity index (χ2v) is 7.48. The summed E-state index contributed by atoms with van der Waals surface area (Å²) in [4.78, 5) is 36.5. The number of Topliss-reactive ketones (excluding diaryl/α,β-unsaturated/α-hetero) is 2. The highest BCUT2D eigenvalue weighted by Gasteiger charge is 2.48. The van der Waals surface area contributed by atoms with Gasteiger partial charge < -0.3 is 5.11 Å². The van der Waals surface area contributed by atoms with Crippen molar-refractivity contribution in [3.05, 3.63) is 11.9 Å². The average Bonchev–Trinajstić information content (AvgIpc) is 2.55. The first-order chi connectivity index (χ1) is 11.2. The van der Waals surface area contributed by atoms with Crippen molar-refractivity contribution in [1.82, 2.24) is 0 Å². The Bertz CT molecular complexity index is 554. The van der Waals surface area contributed by atoms with Gasteiger partial charge in [-0.05, 0) is 37.5 Å². The summed E-state index contributed by atoms with van der Waals surface area (Å²) >= 11 is 0. The third kappa shape index (κ3) is 3.76. The molecule has 2 aliphatic rings. The van der Waals surface area contributed by atoms with E-state index < -0.39 is 17.8 Å². The molecule has 1 fully saturated rings. The molecule has 5 heteroatoms. The van der Waals surface area contributed by atoms with Gasteiger partial charge in [-0.1, -0.05) is 26.8 Å². The van der Waals surface area contributed by atoms with E-state index in [1.54, 1.807) is 26.8 Å². The van der Waals surface area contributed by atoms with E-state index in [1.165, 1.54) is 0 Å². The Morgan fingerprint density at radius 2 is 1.83 bits per heavy atom. The predicted molar refractivity (Wildman–Crippen MR) is 87.9 cm³/mol. The maximum absolute atomic E-state index is 13.4. The summed E-state index contributed by atoms with van der Waals surface area (Å²) in [5.41, 5.74) is 0. The van der Waals surface area contributed by atoms with Gasteiger partial charge in [-0.2, -0.15) is 0 Å². The molecule has 0 spiro atoms. The van der Waals surface area contributed by atoms with Crippen molar-refractivity contribution in [2.45, 2.75) is 52.9 Å². The number of carbonyl (C=O) groups is 3. The molecule has 134 valence electrons. The minimum Gasteiger partial charge on any atom is -0.481 e. The molecule has 0 aliphatic heterocycles. The smallest absolute Gasteiger partial charge is 0.303 e. The van der Waals surface area contributed by atoms with E-state index in [0.717, 1.165) is 0 Å². The number of carbonyl (C=O) groups excluding carboxylic acids is 2. The Kier molecular flexibility index (Phi) is 5.94. The van der Waals surface area contributed by atoms with Crippen LogP contribution in [0, 0.1) is 35.5 Å². The van der Waals surface area contributed by atoms with Crippen LogP contribution in [0.15, 0.2) is 11.9 Å². The highest BCUT2D eigenvalue weighted by atomic mass is 19.1. The van der Waals surface area contributed by atoms with E-state index >= 15 is 0 Å². The SMILES string of the molecule is CC1C(=O)C(C)C(C(CCC(=O)O)C2CC=C(F)CC2)C(=O)C1C. The first-order valence-corrected chi connectivity index (χ1v) is 8.87. The van der Waals surface area contributed by atoms with Crippen LogP contribution < -0.4 is 0 Å². The number of rotatable bonds is 5. The van der Waals surface area contributed by atoms with Crippen molar-refractivity contribution in [1.29, 1.82) is 0 Å². The minimum atomic E-state index is -0.902. The lowest BCUT2D eigenvalue weighted by atomic mass is 9.60. The molecule has 1 N–H and O–H groups in total. The van der Waals surface area contributed by atoms with E-state index in [9.17, 15) is 18.8 Å². The van der Waals surface area contributed by atoms with Crippen LogP contribution in [-0.2, 0) is 14.4 Å². The highest BCUT2D eigenvalue weighted by molar-refractivity contribution is 5.99. The van der Waals surface area contributed by atoms with Gasteiger partial charge in [0.05, 0.1) is 5.83 Å². The zero-order valence-corrected chi connectivity index (χ0v) is 14.6. The van der Waals surface area contributed by atoms with Gasteiger partial charge in [0.25, 0.3) is 0 Å². The van der Waals surface area contributed by atoms with E-state index in [-0.39, 0.29) is 47.5 Å². The monoisotopic (exact) mass is 338 g/mol. The molecule has 0 radical (unpaired) electrons. The van der Waals surface area contributed by atoms with Crippen LogP contribution in [0.1, 0.15) is 52.9 Å². The number of hydrogen-bond donors (Lipinski definition) is 1. The number of hydrogen-bond acceptors (Lipinski definition) is 3. The molecule has 0 saturated heterocycles. The van der Waals surface area contributed by atoms with E-state index in [0.29, 0.717) is 25.7 Å². The summed E-state index contributed by atoms with van der Waals surface area (Å²) in [5.74, 6) is -2.44. The van der Waals surface area contributed by atoms with Gasteiger partial charge in [-0.25, -0.2) is 4.39 Å². The maximum Gasteiger partial charge on any atom is 0.303 e. The molecule has 0 amide bonds. The van der Waals surface area contributed by atoms with E-state index in [1.807, 2.05) is 0 Å². The summed E-state index contributed by atoms with van der Waals surface area (Å²) in [6.45, 7) is 5.38. The predicted octanol–water partition coefficient (Wildman–Crippen LogP) is 3.80. The molecule has 4 nitrogen and oxygen atoms in total. The summed E-state index contributed by atoms with van der Waals surface area (Å²) in [5, 5.41) is 9.06. The van der Waals surface area contributed by atoms with Gasteiger partial charge in [0, 0.05) is 30.1 Å². The molecule has 0 bridgehead atoms. The van der Waals surface area contributed by atoms with Crippen LogP contribution >= 0.6 is 0 Å². The van der Waals surface area contributed by atoms with Crippen molar-refractivity contribution in [2.24, 2.45) is 35.5 Å². The molecule has 1 saturated carbocycles. The first kappa shape index (κ1) is 18.8. The minimum absolute atomic E-state index is 0.0258. The van der Waals surface area contributed by atoms with Crippen LogP contribution in [-0.4, -0.2) is 22.6 Å². The standard InChI is InChI=1S/C19H27FO4/c1-10-11(2)19(24)17(12(3)18(10)23)15(8-9-16(21)22)13-4-6-14(20)7-5-13/h6,10-13,15,17H,4-5,7-9H2,1-3H3,(H,21,22). The molecule has 2 aliphatic carbocycles. The Hall–Kier alpha value is -1.52. The van der Waals surface area contributed by atoms with Gasteiger partial charge in [0.15, 0.2) is 0 Å². The molecule has 0 heterocycles. The first-order valence-electron chi connectivity index (χ1n) is 8.87. The van der Waals surface area contributed by atoms with Crippen molar-refractivity contribution < 1.29 is 23.9 Å². The van der Waals surface area contributed by atoms with Crippen molar-refractivity contribution in [3.63, 3.8) is 0 Å². The fourth-order valence-corrected chi connectivity index (χ4v) is 4.43. The number of halogens is 1. The third-order valence-corrected chi connectivity index (χ3v) is 6.12. The molecule has 6 unspecified atom stereocenters. The Morgan fingerprint density at radius 1 is 1.21 bits per heavy atom. The second kappa shape index (κ2) is 7.58. The van der Waals surface area contributed by atoms with Gasteiger partial charge >= 0.3 is 5.97 Å². The quantitative estimate of drug-likeness (QED) is 0.828. The summed E-state index contributed by atoms with van der Waals surface area (Å²) in [6.07, 6.45) is 3.36. The lowest BCUT2D eigenvalue weighted by molar-refractivity contribution is -0.149. The number of carboxylic acids is 1. The van der Waals surface area contributed by atoms with Gasteiger partial charge in [-0.3, -0.25) is 14.4 Å². The van der Waals surface area contributed by atoms with Crippen LogP contribution in [0.3, 0.4) is 0 Å². The maximum atomic E-state index is 13.4. The molecule has 0 aromatic carbocycles. The number of allylic oxidation sites excluding steroid dienone is 2. The highest BCUT2D eigenvalue weighted by Crippen LogP contribution is 2.44. The van der Waals surface area contributed by atoms with Gasteiger partial charge in [0.1, 0.15) is 11.6 Å². The second-order valence-electron chi connectivity index (χ2n) is 7.48. The molecule has 6 atom stereocenters. The lowest BCUT2D eigenvalue weighted by Crippen LogP contribution is -2.48. The molecular weight excluding hydrogens is 311 g/mol. The normalized spacial score (nSPS) is 35.5.